The van der Waals surface area contributed by atoms with Gasteiger partial charge in [0.05, 0.1) is 5.69 Å². The van der Waals surface area contributed by atoms with Crippen molar-refractivity contribution in [1.29, 1.82) is 0 Å². The molecule has 3 rings (SSSR count). The van der Waals surface area contributed by atoms with Crippen molar-refractivity contribution in [2.75, 3.05) is 4.90 Å². The molecule has 2 heterocycles. The Morgan fingerprint density at radius 2 is 2.05 bits per heavy atom. The minimum absolute atomic E-state index is 0.283. The third-order valence-electron chi connectivity index (χ3n) is 2.83. The molecule has 0 radical (unpaired) electrons. The van der Waals surface area contributed by atoms with Gasteiger partial charge in [-0.3, -0.25) is 4.79 Å². The fraction of sp³-hybridized carbons (Fsp3) is 0.0769. The van der Waals surface area contributed by atoms with E-state index in [9.17, 15) is 9.59 Å². The van der Waals surface area contributed by atoms with Gasteiger partial charge in [-0.2, -0.15) is 0 Å². The zero-order chi connectivity index (χ0) is 13.4. The predicted octanol–water partition coefficient (Wildman–Crippen LogP) is 3.20. The Morgan fingerprint density at radius 1 is 1.21 bits per heavy atom. The van der Waals surface area contributed by atoms with Gasteiger partial charge < -0.3 is 5.32 Å². The van der Waals surface area contributed by atoms with E-state index >= 15 is 0 Å². The SMILES string of the molecule is O=C1NC(c2cccs2)C(=O)N1c1cccc(Cl)c1. The molecular weight excluding hydrogens is 284 g/mol. The molecule has 1 aliphatic heterocycles. The summed E-state index contributed by atoms with van der Waals surface area (Å²) in [7, 11) is 0. The normalized spacial score (nSPS) is 18.8. The lowest BCUT2D eigenvalue weighted by molar-refractivity contribution is -0.118. The van der Waals surface area contributed by atoms with Gasteiger partial charge in [0.25, 0.3) is 5.91 Å². The second-order valence-electron chi connectivity index (χ2n) is 4.05. The Balaban J connectivity index is 1.96. The molecule has 1 aromatic heterocycles. The fourth-order valence-corrected chi connectivity index (χ4v) is 2.94. The van der Waals surface area contributed by atoms with Crippen LogP contribution in [0.5, 0.6) is 0 Å². The van der Waals surface area contributed by atoms with E-state index in [-0.39, 0.29) is 5.91 Å². The molecule has 0 saturated carbocycles. The molecule has 2 aromatic rings. The van der Waals surface area contributed by atoms with Crippen LogP contribution in [0.25, 0.3) is 0 Å². The van der Waals surface area contributed by atoms with Gasteiger partial charge in [0, 0.05) is 9.90 Å². The van der Waals surface area contributed by atoms with Crippen LogP contribution in [-0.4, -0.2) is 11.9 Å². The van der Waals surface area contributed by atoms with Crippen LogP contribution >= 0.6 is 22.9 Å². The van der Waals surface area contributed by atoms with Crippen molar-refractivity contribution >= 4 is 40.6 Å². The summed E-state index contributed by atoms with van der Waals surface area (Å²) in [6.45, 7) is 0. The first-order valence-electron chi connectivity index (χ1n) is 5.60. The van der Waals surface area contributed by atoms with E-state index in [4.69, 9.17) is 11.6 Å². The van der Waals surface area contributed by atoms with Gasteiger partial charge in [0.15, 0.2) is 0 Å². The van der Waals surface area contributed by atoms with E-state index in [1.807, 2.05) is 17.5 Å². The summed E-state index contributed by atoms with van der Waals surface area (Å²) in [5.74, 6) is -0.283. The number of rotatable bonds is 2. The Labute approximate surface area is 118 Å². The van der Waals surface area contributed by atoms with Crippen LogP contribution in [0.1, 0.15) is 10.9 Å². The highest BCUT2D eigenvalue weighted by Crippen LogP contribution is 2.30. The molecule has 1 N–H and O–H groups in total. The number of halogens is 1. The van der Waals surface area contributed by atoms with Crippen molar-refractivity contribution in [3.63, 3.8) is 0 Å². The highest BCUT2D eigenvalue weighted by molar-refractivity contribution is 7.10. The number of thiophene rings is 1. The molecule has 19 heavy (non-hydrogen) atoms. The third kappa shape index (κ3) is 2.11. The maximum absolute atomic E-state index is 12.3. The van der Waals surface area contributed by atoms with Crippen LogP contribution in [0.15, 0.2) is 41.8 Å². The molecule has 4 nitrogen and oxygen atoms in total. The van der Waals surface area contributed by atoms with Gasteiger partial charge in [0.2, 0.25) is 0 Å². The summed E-state index contributed by atoms with van der Waals surface area (Å²) in [5, 5.41) is 5.03. The number of nitrogens with one attached hydrogen (secondary N) is 1. The number of amides is 3. The molecule has 1 fully saturated rings. The molecule has 3 amide bonds. The smallest absolute Gasteiger partial charge is 0.321 e. The number of imide groups is 1. The molecule has 1 aromatic carbocycles. The van der Waals surface area contributed by atoms with Crippen molar-refractivity contribution in [1.82, 2.24) is 5.32 Å². The first-order chi connectivity index (χ1) is 9.16. The van der Waals surface area contributed by atoms with Crippen LogP contribution in [0, 0.1) is 0 Å². The molecule has 96 valence electrons. The summed E-state index contributed by atoms with van der Waals surface area (Å²) in [4.78, 5) is 26.2. The minimum Gasteiger partial charge on any atom is -0.321 e. The zero-order valence-electron chi connectivity index (χ0n) is 9.67. The van der Waals surface area contributed by atoms with Gasteiger partial charge in [0.1, 0.15) is 6.04 Å². The quantitative estimate of drug-likeness (QED) is 0.864. The standard InChI is InChI=1S/C13H9ClN2O2S/c14-8-3-1-4-9(7-8)16-12(17)11(15-13(16)18)10-5-2-6-19-10/h1-7,11H,(H,15,18). The summed E-state index contributed by atoms with van der Waals surface area (Å²) in [6.07, 6.45) is 0. The van der Waals surface area contributed by atoms with Crippen molar-refractivity contribution < 1.29 is 9.59 Å². The Kier molecular flexibility index (Phi) is 3.00. The average molecular weight is 293 g/mol. The Hall–Kier alpha value is -1.85. The van der Waals surface area contributed by atoms with E-state index in [1.54, 1.807) is 24.3 Å². The summed E-state index contributed by atoms with van der Waals surface area (Å²) >= 11 is 7.33. The second kappa shape index (κ2) is 4.68. The molecule has 1 aliphatic rings. The topological polar surface area (TPSA) is 49.4 Å². The van der Waals surface area contributed by atoms with Gasteiger partial charge in [-0.25, -0.2) is 9.69 Å². The Morgan fingerprint density at radius 3 is 2.74 bits per heavy atom. The first-order valence-corrected chi connectivity index (χ1v) is 6.86. The number of hydrogen-bond donors (Lipinski definition) is 1. The van der Waals surface area contributed by atoms with Gasteiger partial charge in [-0.15, -0.1) is 11.3 Å². The van der Waals surface area contributed by atoms with E-state index in [1.165, 1.54) is 11.3 Å². The van der Waals surface area contributed by atoms with E-state index in [0.717, 1.165) is 9.78 Å². The van der Waals surface area contributed by atoms with Crippen LogP contribution in [0.2, 0.25) is 5.02 Å². The first kappa shape index (κ1) is 12.2. The minimum atomic E-state index is -0.605. The van der Waals surface area contributed by atoms with Gasteiger partial charge in [-0.1, -0.05) is 23.7 Å². The van der Waals surface area contributed by atoms with Crippen molar-refractivity contribution in [2.24, 2.45) is 0 Å². The average Bonchev–Trinajstić information content (AvgIpc) is 2.97. The third-order valence-corrected chi connectivity index (χ3v) is 4.00. The molecule has 0 spiro atoms. The number of carbonyl (C=O) groups is 2. The number of nitrogens with zero attached hydrogens (tertiary/aromatic N) is 1. The molecule has 1 saturated heterocycles. The molecule has 1 unspecified atom stereocenters. The molecule has 0 bridgehead atoms. The lowest BCUT2D eigenvalue weighted by Crippen LogP contribution is -2.30. The molecular formula is C13H9ClN2O2S. The number of carbonyl (C=O) groups excluding carboxylic acids is 2. The van der Waals surface area contributed by atoms with Crippen LogP contribution in [0.4, 0.5) is 10.5 Å². The number of anilines is 1. The maximum Gasteiger partial charge on any atom is 0.329 e. The largest absolute Gasteiger partial charge is 0.329 e. The lowest BCUT2D eigenvalue weighted by Gasteiger charge is -2.12. The van der Waals surface area contributed by atoms with Crippen LogP contribution in [0.3, 0.4) is 0 Å². The number of benzene rings is 1. The second-order valence-corrected chi connectivity index (χ2v) is 5.47. The molecule has 1 atom stereocenters. The van der Waals surface area contributed by atoms with Gasteiger partial charge in [-0.05, 0) is 29.6 Å². The highest BCUT2D eigenvalue weighted by atomic mass is 35.5. The predicted molar refractivity (Wildman–Crippen MR) is 74.5 cm³/mol. The van der Waals surface area contributed by atoms with Crippen molar-refractivity contribution in [3.05, 3.63) is 51.7 Å². The summed E-state index contributed by atoms with van der Waals surface area (Å²) < 4.78 is 0. The van der Waals surface area contributed by atoms with Crippen molar-refractivity contribution in [3.8, 4) is 0 Å². The fourth-order valence-electron chi connectivity index (χ4n) is 1.99. The number of urea groups is 1. The summed E-state index contributed by atoms with van der Waals surface area (Å²) in [6, 6.07) is 9.32. The van der Waals surface area contributed by atoms with Gasteiger partial charge >= 0.3 is 6.03 Å². The van der Waals surface area contributed by atoms with Crippen molar-refractivity contribution in [2.45, 2.75) is 6.04 Å². The van der Waals surface area contributed by atoms with Crippen LogP contribution in [-0.2, 0) is 4.79 Å². The van der Waals surface area contributed by atoms with Crippen LogP contribution < -0.4 is 10.2 Å². The summed E-state index contributed by atoms with van der Waals surface area (Å²) in [5.41, 5.74) is 0.481. The lowest BCUT2D eigenvalue weighted by atomic mass is 10.2. The molecule has 6 heteroatoms. The number of hydrogen-bond acceptors (Lipinski definition) is 3. The van der Waals surface area contributed by atoms with E-state index < -0.39 is 12.1 Å². The Bertz CT molecular complexity index is 642. The zero-order valence-corrected chi connectivity index (χ0v) is 11.2. The monoisotopic (exact) mass is 292 g/mol. The van der Waals surface area contributed by atoms with E-state index in [2.05, 4.69) is 5.32 Å². The van der Waals surface area contributed by atoms with E-state index in [0.29, 0.717) is 10.7 Å². The molecule has 0 aliphatic carbocycles. The highest BCUT2D eigenvalue weighted by Gasteiger charge is 2.40. The maximum atomic E-state index is 12.3.